The van der Waals surface area contributed by atoms with Crippen LogP contribution in [0.2, 0.25) is 0 Å². The molecule has 1 amide bonds. The van der Waals surface area contributed by atoms with Crippen molar-refractivity contribution in [2.24, 2.45) is 0 Å². The average molecular weight is 483 g/mol. The summed E-state index contributed by atoms with van der Waals surface area (Å²) >= 11 is 1.22. The molecule has 0 aliphatic carbocycles. The summed E-state index contributed by atoms with van der Waals surface area (Å²) in [4.78, 5) is 39.2. The number of ether oxygens (including phenoxy) is 1. The van der Waals surface area contributed by atoms with Crippen LogP contribution in [0.25, 0.3) is 6.08 Å². The third-order valence-electron chi connectivity index (χ3n) is 5.68. The molecule has 0 unspecified atom stereocenters. The number of nitro benzene ring substituents is 1. The van der Waals surface area contributed by atoms with Gasteiger partial charge in [0.15, 0.2) is 0 Å². The van der Waals surface area contributed by atoms with Crippen LogP contribution < -0.4 is 10.2 Å². The molecule has 34 heavy (non-hydrogen) atoms. The number of carbonyl (C=O) groups excluding carboxylic acids is 2. The summed E-state index contributed by atoms with van der Waals surface area (Å²) < 4.78 is 5.11. The van der Waals surface area contributed by atoms with Crippen molar-refractivity contribution in [3.63, 3.8) is 0 Å². The van der Waals surface area contributed by atoms with Crippen molar-refractivity contribution in [2.45, 2.75) is 40.0 Å². The van der Waals surface area contributed by atoms with Gasteiger partial charge in [0.05, 0.1) is 17.1 Å². The van der Waals surface area contributed by atoms with Gasteiger partial charge < -0.3 is 15.0 Å². The van der Waals surface area contributed by atoms with Crippen LogP contribution in [0.3, 0.4) is 0 Å². The van der Waals surface area contributed by atoms with Gasteiger partial charge in [-0.1, -0.05) is 0 Å². The molecule has 0 saturated carbocycles. The van der Waals surface area contributed by atoms with Gasteiger partial charge >= 0.3 is 5.97 Å². The van der Waals surface area contributed by atoms with E-state index in [0.29, 0.717) is 16.1 Å². The Bertz CT molecular complexity index is 1190. The maximum absolute atomic E-state index is 13.0. The zero-order valence-corrected chi connectivity index (χ0v) is 20.2. The molecule has 0 radical (unpaired) electrons. The predicted octanol–water partition coefficient (Wildman–Crippen LogP) is 4.99. The summed E-state index contributed by atoms with van der Waals surface area (Å²) in [7, 11) is 0. The zero-order valence-electron chi connectivity index (χ0n) is 19.3. The number of nitriles is 1. The van der Waals surface area contributed by atoms with Gasteiger partial charge in [0.2, 0.25) is 0 Å². The number of piperidine rings is 1. The van der Waals surface area contributed by atoms with Crippen LogP contribution in [0.15, 0.2) is 23.8 Å². The molecule has 1 N–H and O–H groups in total. The SMILES string of the molecule is CCOC(=O)c1c(NC(=O)/C(C#N)=C\c2cc([N+](=O)[O-])ccc2N2CCCCC2)sc(C)c1C. The van der Waals surface area contributed by atoms with E-state index in [-0.39, 0.29) is 23.4 Å². The van der Waals surface area contributed by atoms with Crippen LogP contribution in [0.5, 0.6) is 0 Å². The standard InChI is InChI=1S/C24H26N4O5S/c1-4-33-24(30)21-15(2)16(3)34-23(21)26-22(29)18(14-25)12-17-13-19(28(31)32)8-9-20(17)27-10-6-5-7-11-27/h8-9,12-13H,4-7,10-11H2,1-3H3,(H,26,29)/b18-12-. The Labute approximate surface area is 201 Å². The smallest absolute Gasteiger partial charge is 0.341 e. The number of carbonyl (C=O) groups is 2. The molecule has 1 saturated heterocycles. The van der Waals surface area contributed by atoms with Crippen molar-refractivity contribution < 1.29 is 19.2 Å². The quantitative estimate of drug-likeness (QED) is 0.194. The van der Waals surface area contributed by atoms with E-state index in [1.165, 1.54) is 29.5 Å². The summed E-state index contributed by atoms with van der Waals surface area (Å²) in [5, 5.41) is 24.0. The van der Waals surface area contributed by atoms with Crippen LogP contribution in [0.4, 0.5) is 16.4 Å². The number of rotatable bonds is 7. The highest BCUT2D eigenvalue weighted by Gasteiger charge is 2.24. The highest BCUT2D eigenvalue weighted by Crippen LogP contribution is 2.34. The Hall–Kier alpha value is -3.71. The first-order chi connectivity index (χ1) is 16.3. The van der Waals surface area contributed by atoms with Crippen LogP contribution in [0, 0.1) is 35.3 Å². The molecule has 0 spiro atoms. The van der Waals surface area contributed by atoms with Crippen molar-refractivity contribution in [2.75, 3.05) is 29.9 Å². The first kappa shape index (κ1) is 24.9. The summed E-state index contributed by atoms with van der Waals surface area (Å²) in [6.45, 7) is 7.07. The lowest BCUT2D eigenvalue weighted by molar-refractivity contribution is -0.384. The lowest BCUT2D eigenvalue weighted by Crippen LogP contribution is -2.30. The van der Waals surface area contributed by atoms with Gasteiger partial charge in [-0.15, -0.1) is 11.3 Å². The Morgan fingerprint density at radius 3 is 2.62 bits per heavy atom. The molecule has 1 aromatic heterocycles. The number of hydrogen-bond donors (Lipinski definition) is 1. The van der Waals surface area contributed by atoms with Crippen molar-refractivity contribution in [1.29, 1.82) is 5.26 Å². The van der Waals surface area contributed by atoms with E-state index in [1.807, 2.05) is 13.0 Å². The van der Waals surface area contributed by atoms with Crippen molar-refractivity contribution >= 4 is 45.7 Å². The third-order valence-corrected chi connectivity index (χ3v) is 6.80. The molecule has 2 aromatic rings. The van der Waals surface area contributed by atoms with Crippen molar-refractivity contribution in [1.82, 2.24) is 0 Å². The lowest BCUT2D eigenvalue weighted by Gasteiger charge is -2.30. The number of hydrogen-bond acceptors (Lipinski definition) is 8. The molecule has 1 aromatic carbocycles. The minimum Gasteiger partial charge on any atom is -0.462 e. The number of nitro groups is 1. The number of nitrogens with zero attached hydrogens (tertiary/aromatic N) is 3. The number of anilines is 2. The van der Waals surface area contributed by atoms with Crippen LogP contribution in [0.1, 0.15) is 52.5 Å². The summed E-state index contributed by atoms with van der Waals surface area (Å²) in [6, 6.07) is 6.35. The first-order valence-corrected chi connectivity index (χ1v) is 11.8. The maximum atomic E-state index is 13.0. The number of benzene rings is 1. The van der Waals surface area contributed by atoms with E-state index < -0.39 is 16.8 Å². The monoisotopic (exact) mass is 482 g/mol. The molecule has 1 aliphatic rings. The van der Waals surface area contributed by atoms with E-state index >= 15 is 0 Å². The fraction of sp³-hybridized carbons (Fsp3) is 0.375. The highest BCUT2D eigenvalue weighted by atomic mass is 32.1. The van der Waals surface area contributed by atoms with Gasteiger partial charge in [-0.2, -0.15) is 5.26 Å². The summed E-state index contributed by atoms with van der Waals surface area (Å²) in [6.07, 6.45) is 4.48. The molecule has 2 heterocycles. The van der Waals surface area contributed by atoms with Gasteiger partial charge in [0, 0.05) is 41.4 Å². The lowest BCUT2D eigenvalue weighted by atomic mass is 10.0. The molecule has 1 aliphatic heterocycles. The Balaban J connectivity index is 1.98. The second-order valence-corrected chi connectivity index (χ2v) is 9.10. The van der Waals surface area contributed by atoms with Crippen LogP contribution >= 0.6 is 11.3 Å². The number of non-ortho nitro benzene ring substituents is 1. The first-order valence-electron chi connectivity index (χ1n) is 11.0. The van der Waals surface area contributed by atoms with E-state index in [2.05, 4.69) is 10.2 Å². The van der Waals surface area contributed by atoms with Gasteiger partial charge in [-0.05, 0) is 57.7 Å². The zero-order chi connectivity index (χ0) is 24.8. The largest absolute Gasteiger partial charge is 0.462 e. The van der Waals surface area contributed by atoms with Gasteiger partial charge in [-0.25, -0.2) is 4.79 Å². The minimum absolute atomic E-state index is 0.126. The average Bonchev–Trinajstić information content (AvgIpc) is 3.10. The number of aryl methyl sites for hydroxylation is 1. The van der Waals surface area contributed by atoms with E-state index in [9.17, 15) is 25.0 Å². The van der Waals surface area contributed by atoms with E-state index in [0.717, 1.165) is 42.9 Å². The molecule has 3 rings (SSSR count). The van der Waals surface area contributed by atoms with Crippen molar-refractivity contribution in [3.8, 4) is 6.07 Å². The number of nitrogens with one attached hydrogen (secondary N) is 1. The summed E-state index contributed by atoms with van der Waals surface area (Å²) in [5.41, 5.74) is 1.77. The van der Waals surface area contributed by atoms with E-state index in [1.54, 1.807) is 19.9 Å². The predicted molar refractivity (Wildman–Crippen MR) is 131 cm³/mol. The second-order valence-electron chi connectivity index (χ2n) is 7.88. The normalized spacial score (nSPS) is 13.8. The van der Waals surface area contributed by atoms with Crippen LogP contribution in [-0.2, 0) is 9.53 Å². The van der Waals surface area contributed by atoms with Gasteiger partial charge in [-0.3, -0.25) is 14.9 Å². The molecule has 10 heteroatoms. The van der Waals surface area contributed by atoms with Gasteiger partial charge in [0.1, 0.15) is 16.6 Å². The molecular weight excluding hydrogens is 456 g/mol. The topological polar surface area (TPSA) is 126 Å². The maximum Gasteiger partial charge on any atom is 0.341 e. The molecule has 178 valence electrons. The molecule has 9 nitrogen and oxygen atoms in total. The van der Waals surface area contributed by atoms with Gasteiger partial charge in [0.25, 0.3) is 11.6 Å². The summed E-state index contributed by atoms with van der Waals surface area (Å²) in [5.74, 6) is -1.25. The Kier molecular flexibility index (Phi) is 8.02. The molecule has 0 atom stereocenters. The number of amides is 1. The fourth-order valence-electron chi connectivity index (χ4n) is 3.83. The minimum atomic E-state index is -0.703. The molecule has 1 fully saturated rings. The Morgan fingerprint density at radius 1 is 1.29 bits per heavy atom. The molecule has 0 bridgehead atoms. The van der Waals surface area contributed by atoms with Crippen molar-refractivity contribution in [3.05, 3.63) is 55.5 Å². The number of thiophene rings is 1. The second kappa shape index (κ2) is 10.9. The third kappa shape index (κ3) is 5.43. The Morgan fingerprint density at radius 2 is 2.00 bits per heavy atom. The van der Waals surface area contributed by atoms with E-state index in [4.69, 9.17) is 4.74 Å². The van der Waals surface area contributed by atoms with Crippen LogP contribution in [-0.4, -0.2) is 36.5 Å². The highest BCUT2D eigenvalue weighted by molar-refractivity contribution is 7.16. The number of esters is 1. The molecular formula is C24H26N4O5S. The fourth-order valence-corrected chi connectivity index (χ4v) is 4.88.